The number of rotatable bonds is 6. The lowest BCUT2D eigenvalue weighted by Crippen LogP contribution is -2.40. The van der Waals surface area contributed by atoms with E-state index in [0.717, 1.165) is 6.20 Å². The molecule has 1 aromatic rings. The largest absolute Gasteiger partial charge is 0.415 e. The summed E-state index contributed by atoms with van der Waals surface area (Å²) in [5.41, 5.74) is -0.182. The molecule has 0 amide bonds. The lowest BCUT2D eigenvalue weighted by Gasteiger charge is -2.21. The van der Waals surface area contributed by atoms with Gasteiger partial charge in [-0.3, -0.25) is 14.8 Å². The van der Waals surface area contributed by atoms with Gasteiger partial charge in [0.1, 0.15) is 12.4 Å². The second kappa shape index (κ2) is 5.97. The molecule has 1 rings (SSSR count). The summed E-state index contributed by atoms with van der Waals surface area (Å²) in [6.07, 6.45) is -4.82. The normalized spacial score (nSPS) is 13.8. The smallest absolute Gasteiger partial charge is 0.382 e. The maximum Gasteiger partial charge on any atom is 0.415 e. The van der Waals surface area contributed by atoms with Gasteiger partial charge in [0.25, 0.3) is 0 Å². The third-order valence-corrected chi connectivity index (χ3v) is 2.40. The van der Waals surface area contributed by atoms with E-state index >= 15 is 0 Å². The fourth-order valence-corrected chi connectivity index (χ4v) is 1.33. The SMILES string of the molecule is CN(CCn1cc([N+](=O)[O-])cn1)CC(O)C(F)(F)F. The van der Waals surface area contributed by atoms with E-state index < -0.39 is 23.7 Å². The second-order valence-electron chi connectivity index (χ2n) is 4.04. The molecule has 108 valence electrons. The number of likely N-dealkylation sites (N-methyl/N-ethyl adjacent to an activating group) is 1. The molecule has 0 aliphatic rings. The van der Waals surface area contributed by atoms with Crippen molar-refractivity contribution in [3.05, 3.63) is 22.5 Å². The van der Waals surface area contributed by atoms with Gasteiger partial charge in [0.2, 0.25) is 0 Å². The van der Waals surface area contributed by atoms with Gasteiger partial charge in [0.05, 0.1) is 11.5 Å². The molecule has 19 heavy (non-hydrogen) atoms. The quantitative estimate of drug-likeness (QED) is 0.611. The van der Waals surface area contributed by atoms with E-state index in [1.54, 1.807) is 0 Å². The highest BCUT2D eigenvalue weighted by Crippen LogP contribution is 2.20. The molecule has 0 aliphatic heterocycles. The molecule has 1 atom stereocenters. The van der Waals surface area contributed by atoms with Crippen molar-refractivity contribution >= 4 is 5.69 Å². The van der Waals surface area contributed by atoms with Crippen molar-refractivity contribution in [1.82, 2.24) is 14.7 Å². The van der Waals surface area contributed by atoms with Crippen molar-refractivity contribution < 1.29 is 23.2 Å². The van der Waals surface area contributed by atoms with Crippen molar-refractivity contribution in [2.45, 2.75) is 18.8 Å². The summed E-state index contributed by atoms with van der Waals surface area (Å²) in [5.74, 6) is 0. The Morgan fingerprint density at radius 1 is 1.63 bits per heavy atom. The van der Waals surface area contributed by atoms with Crippen LogP contribution in [-0.2, 0) is 6.54 Å². The molecule has 0 spiro atoms. The molecule has 0 aliphatic carbocycles. The van der Waals surface area contributed by atoms with E-state index in [4.69, 9.17) is 5.11 Å². The number of aliphatic hydroxyl groups excluding tert-OH is 1. The lowest BCUT2D eigenvalue weighted by molar-refractivity contribution is -0.385. The van der Waals surface area contributed by atoms with Crippen LogP contribution in [0.2, 0.25) is 0 Å². The van der Waals surface area contributed by atoms with Crippen LogP contribution in [0.25, 0.3) is 0 Å². The highest BCUT2D eigenvalue weighted by molar-refractivity contribution is 5.20. The van der Waals surface area contributed by atoms with E-state index in [1.807, 2.05) is 0 Å². The summed E-state index contributed by atoms with van der Waals surface area (Å²) >= 11 is 0. The Bertz CT molecular complexity index is 435. The number of halogens is 3. The minimum absolute atomic E-state index is 0.173. The Morgan fingerprint density at radius 3 is 2.74 bits per heavy atom. The summed E-state index contributed by atoms with van der Waals surface area (Å²) in [6.45, 7) is -0.201. The van der Waals surface area contributed by atoms with E-state index in [2.05, 4.69) is 5.10 Å². The van der Waals surface area contributed by atoms with Crippen molar-refractivity contribution in [2.75, 3.05) is 20.1 Å². The molecule has 1 unspecified atom stereocenters. The first kappa shape index (κ1) is 15.4. The average molecular weight is 282 g/mol. The number of nitro groups is 1. The van der Waals surface area contributed by atoms with Gasteiger partial charge in [0, 0.05) is 13.1 Å². The molecule has 7 nitrogen and oxygen atoms in total. The molecule has 0 saturated heterocycles. The van der Waals surface area contributed by atoms with E-state index in [0.29, 0.717) is 0 Å². The zero-order chi connectivity index (χ0) is 14.6. The van der Waals surface area contributed by atoms with Crippen LogP contribution in [-0.4, -0.2) is 57.1 Å². The standard InChI is InChI=1S/C9H13F3N4O3/c1-14(6-8(17)9(10,11)12)2-3-15-5-7(4-13-15)16(18)19/h4-5,8,17H,2-3,6H2,1H3. The summed E-state index contributed by atoms with van der Waals surface area (Å²) in [4.78, 5) is 11.1. The van der Waals surface area contributed by atoms with Crippen LogP contribution in [0.5, 0.6) is 0 Å². The summed E-state index contributed by atoms with van der Waals surface area (Å²) in [6, 6.07) is 0. The Morgan fingerprint density at radius 2 is 2.26 bits per heavy atom. The molecule has 0 radical (unpaired) electrons. The zero-order valence-corrected chi connectivity index (χ0v) is 10.0. The van der Waals surface area contributed by atoms with Gasteiger partial charge >= 0.3 is 11.9 Å². The Kier molecular flexibility index (Phi) is 4.84. The predicted molar refractivity (Wildman–Crippen MR) is 58.4 cm³/mol. The van der Waals surface area contributed by atoms with Crippen molar-refractivity contribution in [2.24, 2.45) is 0 Å². The monoisotopic (exact) mass is 282 g/mol. The fraction of sp³-hybridized carbons (Fsp3) is 0.667. The number of alkyl halides is 3. The molecule has 10 heteroatoms. The van der Waals surface area contributed by atoms with Crippen LogP contribution in [0.15, 0.2) is 12.4 Å². The molecule has 1 heterocycles. The number of nitrogens with zero attached hydrogens (tertiary/aromatic N) is 4. The van der Waals surface area contributed by atoms with Gasteiger partial charge in [-0.2, -0.15) is 18.3 Å². The molecule has 0 fully saturated rings. The highest BCUT2D eigenvalue weighted by Gasteiger charge is 2.38. The van der Waals surface area contributed by atoms with Crippen molar-refractivity contribution in [1.29, 1.82) is 0 Å². The van der Waals surface area contributed by atoms with Gasteiger partial charge < -0.3 is 10.0 Å². The van der Waals surface area contributed by atoms with Gasteiger partial charge in [-0.1, -0.05) is 0 Å². The molecule has 1 N–H and O–H groups in total. The molecular weight excluding hydrogens is 269 g/mol. The average Bonchev–Trinajstić information content (AvgIpc) is 2.73. The summed E-state index contributed by atoms with van der Waals surface area (Å²) in [5, 5.41) is 22.9. The van der Waals surface area contributed by atoms with Crippen LogP contribution in [0, 0.1) is 10.1 Å². The molecule has 0 saturated carbocycles. The molecule has 1 aromatic heterocycles. The third-order valence-electron chi connectivity index (χ3n) is 2.40. The minimum atomic E-state index is -4.65. The highest BCUT2D eigenvalue weighted by atomic mass is 19.4. The minimum Gasteiger partial charge on any atom is -0.382 e. The second-order valence-corrected chi connectivity index (χ2v) is 4.04. The van der Waals surface area contributed by atoms with E-state index in [9.17, 15) is 23.3 Å². The maximum absolute atomic E-state index is 12.1. The van der Waals surface area contributed by atoms with Crippen molar-refractivity contribution in [3.63, 3.8) is 0 Å². The molecule has 0 aromatic carbocycles. The predicted octanol–water partition coefficient (Wildman–Crippen LogP) is 0.646. The Labute approximate surface area is 106 Å². The first-order valence-corrected chi connectivity index (χ1v) is 5.30. The first-order chi connectivity index (χ1) is 8.70. The lowest BCUT2D eigenvalue weighted by atomic mass is 10.3. The van der Waals surface area contributed by atoms with Gasteiger partial charge in [-0.25, -0.2) is 0 Å². The number of hydrogen-bond donors (Lipinski definition) is 1. The van der Waals surface area contributed by atoms with Crippen LogP contribution < -0.4 is 0 Å². The van der Waals surface area contributed by atoms with Crippen LogP contribution in [0.1, 0.15) is 0 Å². The first-order valence-electron chi connectivity index (χ1n) is 5.30. The summed E-state index contributed by atoms with van der Waals surface area (Å²) in [7, 11) is 1.41. The fourth-order valence-electron chi connectivity index (χ4n) is 1.33. The van der Waals surface area contributed by atoms with Gasteiger partial charge in [-0.05, 0) is 7.05 Å². The van der Waals surface area contributed by atoms with E-state index in [-0.39, 0.29) is 18.8 Å². The number of aromatic nitrogens is 2. The van der Waals surface area contributed by atoms with Crippen LogP contribution >= 0.6 is 0 Å². The maximum atomic E-state index is 12.1. The molecule has 0 bridgehead atoms. The van der Waals surface area contributed by atoms with Gasteiger partial charge in [0.15, 0.2) is 6.10 Å². The van der Waals surface area contributed by atoms with Crippen LogP contribution in [0.4, 0.5) is 18.9 Å². The van der Waals surface area contributed by atoms with E-state index in [1.165, 1.54) is 22.8 Å². The van der Waals surface area contributed by atoms with Gasteiger partial charge in [-0.15, -0.1) is 0 Å². The third kappa shape index (κ3) is 4.83. The number of aliphatic hydroxyl groups is 1. The topological polar surface area (TPSA) is 84.4 Å². The Hall–Kier alpha value is -1.68. The Balaban J connectivity index is 2.41. The number of hydrogen-bond acceptors (Lipinski definition) is 5. The molecular formula is C9H13F3N4O3. The van der Waals surface area contributed by atoms with Crippen LogP contribution in [0.3, 0.4) is 0 Å². The van der Waals surface area contributed by atoms with Crippen molar-refractivity contribution in [3.8, 4) is 0 Å². The summed E-state index contributed by atoms with van der Waals surface area (Å²) < 4.78 is 37.5. The zero-order valence-electron chi connectivity index (χ0n) is 10.0.